The highest BCUT2D eigenvalue weighted by molar-refractivity contribution is 6.39. The van der Waals surface area contributed by atoms with Crippen LogP contribution >= 0.6 is 23.2 Å². The molecule has 0 aliphatic heterocycles. The highest BCUT2D eigenvalue weighted by Crippen LogP contribution is 2.29. The van der Waals surface area contributed by atoms with Gasteiger partial charge in [0.05, 0.1) is 35.4 Å². The minimum absolute atomic E-state index is 0.0160. The zero-order chi connectivity index (χ0) is 19.9. The van der Waals surface area contributed by atoms with Crippen LogP contribution in [0, 0.1) is 0 Å². The van der Waals surface area contributed by atoms with Crippen molar-refractivity contribution in [2.45, 2.75) is 19.9 Å². The number of carbonyl (C=O) groups excluding carboxylic acids is 3. The molecule has 3 amide bonds. The number of para-hydroxylation sites is 1. The Labute approximate surface area is 163 Å². The van der Waals surface area contributed by atoms with Gasteiger partial charge in [-0.2, -0.15) is 0 Å². The van der Waals surface area contributed by atoms with Gasteiger partial charge in [0.15, 0.2) is 0 Å². The molecule has 0 bridgehead atoms. The van der Waals surface area contributed by atoms with Crippen molar-refractivity contribution >= 4 is 46.6 Å². The maximum atomic E-state index is 12.2. The van der Waals surface area contributed by atoms with Gasteiger partial charge in [-0.1, -0.05) is 29.3 Å². The molecule has 0 fully saturated rings. The minimum atomic E-state index is -0.420. The van der Waals surface area contributed by atoms with Gasteiger partial charge in [-0.25, -0.2) is 0 Å². The first-order valence-electron chi connectivity index (χ1n) is 8.06. The molecule has 7 nitrogen and oxygen atoms in total. The lowest BCUT2D eigenvalue weighted by Gasteiger charge is -2.22. The van der Waals surface area contributed by atoms with Crippen LogP contribution in [0.15, 0.2) is 18.2 Å². The van der Waals surface area contributed by atoms with Crippen molar-refractivity contribution < 1.29 is 14.4 Å². The van der Waals surface area contributed by atoms with Crippen LogP contribution in [0.1, 0.15) is 13.8 Å². The van der Waals surface area contributed by atoms with Gasteiger partial charge in [0.2, 0.25) is 17.7 Å². The predicted molar refractivity (Wildman–Crippen MR) is 104 cm³/mol. The molecule has 0 atom stereocenters. The van der Waals surface area contributed by atoms with Crippen molar-refractivity contribution in [2.24, 2.45) is 0 Å². The number of halogens is 2. The molecule has 0 aliphatic carbocycles. The van der Waals surface area contributed by atoms with E-state index in [1.807, 2.05) is 13.8 Å². The van der Waals surface area contributed by atoms with Crippen LogP contribution in [0.3, 0.4) is 0 Å². The van der Waals surface area contributed by atoms with Crippen molar-refractivity contribution in [3.8, 4) is 0 Å². The summed E-state index contributed by atoms with van der Waals surface area (Å²) < 4.78 is 0. The summed E-state index contributed by atoms with van der Waals surface area (Å²) in [6.07, 6.45) is 0. The van der Waals surface area contributed by atoms with Crippen molar-refractivity contribution in [1.82, 2.24) is 15.1 Å². The fourth-order valence-corrected chi connectivity index (χ4v) is 2.61. The van der Waals surface area contributed by atoms with Gasteiger partial charge in [-0.05, 0) is 33.0 Å². The molecule has 0 aliphatic rings. The monoisotopic (exact) mass is 402 g/mol. The highest BCUT2D eigenvalue weighted by Gasteiger charge is 2.18. The Bertz CT molecular complexity index is 647. The average Bonchev–Trinajstić information content (AvgIpc) is 2.49. The van der Waals surface area contributed by atoms with Crippen LogP contribution in [0.25, 0.3) is 0 Å². The number of nitrogens with zero attached hydrogens (tertiary/aromatic N) is 2. The Morgan fingerprint density at radius 1 is 1.00 bits per heavy atom. The van der Waals surface area contributed by atoms with Gasteiger partial charge in [0, 0.05) is 13.1 Å². The Morgan fingerprint density at radius 3 is 2.12 bits per heavy atom. The molecule has 0 saturated heterocycles. The number of hydrogen-bond donors (Lipinski definition) is 2. The van der Waals surface area contributed by atoms with Gasteiger partial charge >= 0.3 is 0 Å². The summed E-state index contributed by atoms with van der Waals surface area (Å²) in [6.45, 7) is 3.68. The molecule has 26 heavy (non-hydrogen) atoms. The molecule has 0 unspecified atom stereocenters. The van der Waals surface area contributed by atoms with Gasteiger partial charge < -0.3 is 15.5 Å². The molecule has 0 radical (unpaired) electrons. The van der Waals surface area contributed by atoms with Crippen LogP contribution in [0.4, 0.5) is 5.69 Å². The molecule has 1 aromatic carbocycles. The summed E-state index contributed by atoms with van der Waals surface area (Å²) in [5.74, 6) is -0.870. The number of rotatable bonds is 8. The summed E-state index contributed by atoms with van der Waals surface area (Å²) in [6, 6.07) is 4.92. The number of carbonyl (C=O) groups is 3. The van der Waals surface area contributed by atoms with Crippen molar-refractivity contribution in [3.63, 3.8) is 0 Å². The van der Waals surface area contributed by atoms with Gasteiger partial charge in [-0.15, -0.1) is 0 Å². The number of hydrogen-bond acceptors (Lipinski definition) is 4. The van der Waals surface area contributed by atoms with Gasteiger partial charge in [0.25, 0.3) is 0 Å². The van der Waals surface area contributed by atoms with Crippen LogP contribution in [0.5, 0.6) is 0 Å². The largest absolute Gasteiger partial charge is 0.353 e. The van der Waals surface area contributed by atoms with Gasteiger partial charge in [-0.3, -0.25) is 19.3 Å². The first-order valence-corrected chi connectivity index (χ1v) is 8.81. The zero-order valence-electron chi connectivity index (χ0n) is 15.3. The van der Waals surface area contributed by atoms with E-state index in [1.165, 1.54) is 11.9 Å². The summed E-state index contributed by atoms with van der Waals surface area (Å²) in [7, 11) is 3.17. The topological polar surface area (TPSA) is 81.8 Å². The SMILES string of the molecule is CC(C)NC(=O)CN(C)CC(=O)N(C)CC(=O)Nc1c(Cl)cccc1Cl. The molecule has 0 spiro atoms. The average molecular weight is 403 g/mol. The maximum absolute atomic E-state index is 12.2. The summed E-state index contributed by atoms with van der Waals surface area (Å²) in [4.78, 5) is 38.9. The normalized spacial score (nSPS) is 10.8. The fraction of sp³-hybridized carbons (Fsp3) is 0.471. The Balaban J connectivity index is 2.50. The first-order chi connectivity index (χ1) is 12.1. The lowest BCUT2D eigenvalue weighted by atomic mass is 10.3. The molecule has 144 valence electrons. The summed E-state index contributed by atoms with van der Waals surface area (Å²) in [5.41, 5.74) is 0.309. The second-order valence-corrected chi connectivity index (χ2v) is 7.10. The van der Waals surface area contributed by atoms with Crippen molar-refractivity contribution in [2.75, 3.05) is 39.0 Å². The number of amides is 3. The van der Waals surface area contributed by atoms with Crippen LogP contribution in [0.2, 0.25) is 10.0 Å². The van der Waals surface area contributed by atoms with E-state index in [0.717, 1.165) is 0 Å². The second-order valence-electron chi connectivity index (χ2n) is 6.29. The number of benzene rings is 1. The van der Waals surface area contributed by atoms with E-state index in [-0.39, 0.29) is 37.5 Å². The molecule has 0 saturated carbocycles. The van der Waals surface area contributed by atoms with Crippen molar-refractivity contribution in [1.29, 1.82) is 0 Å². The Morgan fingerprint density at radius 2 is 1.58 bits per heavy atom. The van der Waals surface area contributed by atoms with E-state index in [2.05, 4.69) is 10.6 Å². The number of nitrogens with one attached hydrogen (secondary N) is 2. The standard InChI is InChI=1S/C17H24Cl2N4O3/c1-11(2)20-14(24)8-22(3)10-16(26)23(4)9-15(25)21-17-12(18)6-5-7-13(17)19/h5-7,11H,8-10H2,1-4H3,(H,20,24)(H,21,25). The van der Waals surface area contributed by atoms with Crippen LogP contribution in [-0.2, 0) is 14.4 Å². The lowest BCUT2D eigenvalue weighted by Crippen LogP contribution is -2.44. The van der Waals surface area contributed by atoms with Gasteiger partial charge in [0.1, 0.15) is 0 Å². The highest BCUT2D eigenvalue weighted by atomic mass is 35.5. The second kappa shape index (κ2) is 10.4. The predicted octanol–water partition coefficient (Wildman–Crippen LogP) is 1.85. The van der Waals surface area contributed by atoms with E-state index in [0.29, 0.717) is 15.7 Å². The third kappa shape index (κ3) is 7.59. The van der Waals surface area contributed by atoms with E-state index in [4.69, 9.17) is 23.2 Å². The first kappa shape index (κ1) is 22.2. The quantitative estimate of drug-likeness (QED) is 0.694. The molecule has 0 heterocycles. The van der Waals surface area contributed by atoms with Crippen LogP contribution < -0.4 is 10.6 Å². The van der Waals surface area contributed by atoms with E-state index >= 15 is 0 Å². The minimum Gasteiger partial charge on any atom is -0.353 e. The molecule has 2 N–H and O–H groups in total. The Kier molecular flexibility index (Phi) is 8.84. The number of anilines is 1. The third-order valence-corrected chi connectivity index (χ3v) is 3.93. The zero-order valence-corrected chi connectivity index (χ0v) is 16.8. The molecule has 9 heteroatoms. The number of likely N-dealkylation sites (N-methyl/N-ethyl adjacent to an activating group) is 2. The van der Waals surface area contributed by atoms with E-state index in [9.17, 15) is 14.4 Å². The molecule has 1 aromatic rings. The van der Waals surface area contributed by atoms with E-state index in [1.54, 1.807) is 30.1 Å². The van der Waals surface area contributed by atoms with Crippen LogP contribution in [-0.4, -0.2) is 67.3 Å². The maximum Gasteiger partial charge on any atom is 0.244 e. The lowest BCUT2D eigenvalue weighted by molar-refractivity contribution is -0.134. The van der Waals surface area contributed by atoms with E-state index < -0.39 is 5.91 Å². The third-order valence-electron chi connectivity index (χ3n) is 3.30. The molecule has 0 aromatic heterocycles. The summed E-state index contributed by atoms with van der Waals surface area (Å²) in [5, 5.41) is 5.98. The molecule has 1 rings (SSSR count). The fourth-order valence-electron chi connectivity index (χ4n) is 2.12. The molecular weight excluding hydrogens is 379 g/mol. The smallest absolute Gasteiger partial charge is 0.244 e. The Hall–Kier alpha value is -1.83. The molecular formula is C17H24Cl2N4O3. The summed E-state index contributed by atoms with van der Waals surface area (Å²) >= 11 is 12.0. The van der Waals surface area contributed by atoms with Crippen molar-refractivity contribution in [3.05, 3.63) is 28.2 Å².